The van der Waals surface area contributed by atoms with Gasteiger partial charge in [0.25, 0.3) is 0 Å². The van der Waals surface area contributed by atoms with Crippen LogP contribution in [0.4, 0.5) is 13.2 Å². The van der Waals surface area contributed by atoms with E-state index in [1.165, 1.54) is 4.90 Å². The zero-order valence-electron chi connectivity index (χ0n) is 11.7. The topological polar surface area (TPSA) is 52.7 Å². The van der Waals surface area contributed by atoms with Gasteiger partial charge in [-0.15, -0.1) is 0 Å². The van der Waals surface area contributed by atoms with Crippen LogP contribution in [-0.2, 0) is 9.59 Å². The summed E-state index contributed by atoms with van der Waals surface area (Å²) in [6.07, 6.45) is -4.32. The SMILES string of the molecule is CC(C)C(=O)N1CCN(C(=O)CNCC(F)(F)F)CC1. The molecule has 1 aliphatic rings. The molecule has 1 aliphatic heterocycles. The Bertz CT molecular complexity index is 350. The van der Waals surface area contributed by atoms with Crippen molar-refractivity contribution in [2.24, 2.45) is 5.92 Å². The van der Waals surface area contributed by atoms with E-state index in [2.05, 4.69) is 5.32 Å². The smallest absolute Gasteiger partial charge is 0.339 e. The van der Waals surface area contributed by atoms with Crippen LogP contribution in [0.3, 0.4) is 0 Å². The van der Waals surface area contributed by atoms with Gasteiger partial charge in [-0.25, -0.2) is 0 Å². The van der Waals surface area contributed by atoms with E-state index in [0.29, 0.717) is 26.2 Å². The molecular formula is C12H20F3N3O2. The minimum absolute atomic E-state index is 0.0345. The number of carbonyl (C=O) groups is 2. The number of amides is 2. The van der Waals surface area contributed by atoms with Crippen LogP contribution < -0.4 is 5.32 Å². The minimum Gasteiger partial charge on any atom is -0.339 e. The zero-order valence-corrected chi connectivity index (χ0v) is 11.7. The fourth-order valence-electron chi connectivity index (χ4n) is 1.96. The van der Waals surface area contributed by atoms with Crippen molar-refractivity contribution in [2.75, 3.05) is 39.3 Å². The molecular weight excluding hydrogens is 275 g/mol. The predicted octanol–water partition coefficient (Wildman–Crippen LogP) is 0.465. The maximum Gasteiger partial charge on any atom is 0.401 e. The average Bonchev–Trinajstić information content (AvgIpc) is 2.36. The van der Waals surface area contributed by atoms with E-state index in [1.54, 1.807) is 18.7 Å². The standard InChI is InChI=1S/C12H20F3N3O2/c1-9(2)11(20)18-5-3-17(4-6-18)10(19)7-16-8-12(13,14)15/h9,16H,3-8H2,1-2H3. The van der Waals surface area contributed by atoms with Crippen LogP contribution in [0.1, 0.15) is 13.8 Å². The highest BCUT2D eigenvalue weighted by Crippen LogP contribution is 2.12. The molecule has 5 nitrogen and oxygen atoms in total. The van der Waals surface area contributed by atoms with Gasteiger partial charge in [-0.1, -0.05) is 13.8 Å². The first-order valence-electron chi connectivity index (χ1n) is 6.54. The van der Waals surface area contributed by atoms with E-state index in [0.717, 1.165) is 0 Å². The molecule has 0 radical (unpaired) electrons. The number of alkyl halides is 3. The Hall–Kier alpha value is -1.31. The van der Waals surface area contributed by atoms with Crippen LogP contribution in [0, 0.1) is 5.92 Å². The van der Waals surface area contributed by atoms with E-state index in [4.69, 9.17) is 0 Å². The van der Waals surface area contributed by atoms with Crippen molar-refractivity contribution in [2.45, 2.75) is 20.0 Å². The van der Waals surface area contributed by atoms with Crippen LogP contribution in [0.2, 0.25) is 0 Å². The fourth-order valence-corrected chi connectivity index (χ4v) is 1.96. The van der Waals surface area contributed by atoms with Crippen molar-refractivity contribution in [3.8, 4) is 0 Å². The van der Waals surface area contributed by atoms with Crippen LogP contribution >= 0.6 is 0 Å². The Morgan fingerprint density at radius 1 is 1.10 bits per heavy atom. The van der Waals surface area contributed by atoms with E-state index >= 15 is 0 Å². The highest BCUT2D eigenvalue weighted by atomic mass is 19.4. The summed E-state index contributed by atoms with van der Waals surface area (Å²) >= 11 is 0. The number of nitrogens with one attached hydrogen (secondary N) is 1. The lowest BCUT2D eigenvalue weighted by Crippen LogP contribution is -2.53. The summed E-state index contributed by atoms with van der Waals surface area (Å²) in [5, 5.41) is 2.08. The number of halogens is 3. The minimum atomic E-state index is -4.32. The molecule has 0 aromatic rings. The quantitative estimate of drug-likeness (QED) is 0.820. The molecule has 20 heavy (non-hydrogen) atoms. The molecule has 2 amide bonds. The Morgan fingerprint density at radius 3 is 2.05 bits per heavy atom. The summed E-state index contributed by atoms with van der Waals surface area (Å²) in [5.74, 6) is -0.427. The van der Waals surface area contributed by atoms with Crippen LogP contribution in [-0.4, -0.2) is 67.1 Å². The molecule has 116 valence electrons. The highest BCUT2D eigenvalue weighted by Gasteiger charge is 2.28. The lowest BCUT2D eigenvalue weighted by Gasteiger charge is -2.35. The van der Waals surface area contributed by atoms with Gasteiger partial charge in [-0.3, -0.25) is 9.59 Å². The van der Waals surface area contributed by atoms with Gasteiger partial charge in [0.15, 0.2) is 0 Å². The Morgan fingerprint density at radius 2 is 1.60 bits per heavy atom. The van der Waals surface area contributed by atoms with Crippen molar-refractivity contribution in [1.29, 1.82) is 0 Å². The third-order valence-corrected chi connectivity index (χ3v) is 3.04. The average molecular weight is 295 g/mol. The molecule has 1 N–H and O–H groups in total. The third kappa shape index (κ3) is 5.36. The van der Waals surface area contributed by atoms with Gasteiger partial charge in [0.05, 0.1) is 13.1 Å². The summed E-state index contributed by atoms with van der Waals surface area (Å²) in [6, 6.07) is 0. The molecule has 0 aliphatic carbocycles. The van der Waals surface area contributed by atoms with Gasteiger partial charge in [-0.2, -0.15) is 13.2 Å². The normalized spacial score (nSPS) is 16.7. The number of hydrogen-bond donors (Lipinski definition) is 1. The van der Waals surface area contributed by atoms with Crippen LogP contribution in [0.15, 0.2) is 0 Å². The zero-order chi connectivity index (χ0) is 15.3. The van der Waals surface area contributed by atoms with E-state index in [-0.39, 0.29) is 24.3 Å². The highest BCUT2D eigenvalue weighted by molar-refractivity contribution is 5.80. The molecule has 0 spiro atoms. The van der Waals surface area contributed by atoms with Gasteiger partial charge in [0.1, 0.15) is 0 Å². The van der Waals surface area contributed by atoms with Crippen molar-refractivity contribution >= 4 is 11.8 Å². The third-order valence-electron chi connectivity index (χ3n) is 3.04. The molecule has 1 saturated heterocycles. The van der Waals surface area contributed by atoms with E-state index in [9.17, 15) is 22.8 Å². The number of rotatable bonds is 4. The first-order chi connectivity index (χ1) is 9.20. The van der Waals surface area contributed by atoms with Gasteiger partial charge >= 0.3 is 6.18 Å². The lowest BCUT2D eigenvalue weighted by atomic mass is 10.1. The number of hydrogen-bond acceptors (Lipinski definition) is 3. The predicted molar refractivity (Wildman–Crippen MR) is 66.9 cm³/mol. The maximum atomic E-state index is 11.9. The summed E-state index contributed by atoms with van der Waals surface area (Å²) in [5.41, 5.74) is 0. The Labute approximate surface area is 116 Å². The molecule has 0 unspecified atom stereocenters. The summed E-state index contributed by atoms with van der Waals surface area (Å²) in [4.78, 5) is 26.6. The summed E-state index contributed by atoms with van der Waals surface area (Å²) in [6.45, 7) is 3.70. The molecule has 0 saturated carbocycles. The monoisotopic (exact) mass is 295 g/mol. The molecule has 0 bridgehead atoms. The largest absolute Gasteiger partial charge is 0.401 e. The molecule has 1 rings (SSSR count). The van der Waals surface area contributed by atoms with Gasteiger partial charge in [0, 0.05) is 32.1 Å². The first kappa shape index (κ1) is 16.7. The fraction of sp³-hybridized carbons (Fsp3) is 0.833. The molecule has 0 atom stereocenters. The second-order valence-electron chi connectivity index (χ2n) is 5.08. The number of piperazine rings is 1. The molecule has 1 heterocycles. The first-order valence-corrected chi connectivity index (χ1v) is 6.54. The van der Waals surface area contributed by atoms with Gasteiger partial charge in [-0.05, 0) is 0 Å². The van der Waals surface area contributed by atoms with Crippen molar-refractivity contribution in [1.82, 2.24) is 15.1 Å². The Balaban J connectivity index is 2.31. The second-order valence-corrected chi connectivity index (χ2v) is 5.08. The van der Waals surface area contributed by atoms with Crippen molar-refractivity contribution in [3.05, 3.63) is 0 Å². The summed E-state index contributed by atoms with van der Waals surface area (Å²) < 4.78 is 35.8. The summed E-state index contributed by atoms with van der Waals surface area (Å²) in [7, 11) is 0. The molecule has 1 fully saturated rings. The van der Waals surface area contributed by atoms with Gasteiger partial charge in [0.2, 0.25) is 11.8 Å². The molecule has 8 heteroatoms. The van der Waals surface area contributed by atoms with Gasteiger partial charge < -0.3 is 15.1 Å². The van der Waals surface area contributed by atoms with E-state index < -0.39 is 12.7 Å². The van der Waals surface area contributed by atoms with E-state index in [1.807, 2.05) is 0 Å². The van der Waals surface area contributed by atoms with Crippen molar-refractivity contribution in [3.63, 3.8) is 0 Å². The number of carbonyl (C=O) groups excluding carboxylic acids is 2. The Kier molecular flexibility index (Phi) is 5.79. The second kappa shape index (κ2) is 6.92. The maximum absolute atomic E-state index is 11.9. The molecule has 0 aromatic heterocycles. The lowest BCUT2D eigenvalue weighted by molar-refractivity contribution is -0.142. The van der Waals surface area contributed by atoms with Crippen LogP contribution in [0.5, 0.6) is 0 Å². The number of nitrogens with zero attached hydrogens (tertiary/aromatic N) is 2. The molecule has 0 aromatic carbocycles. The van der Waals surface area contributed by atoms with Crippen LogP contribution in [0.25, 0.3) is 0 Å². The van der Waals surface area contributed by atoms with Crippen molar-refractivity contribution < 1.29 is 22.8 Å².